The van der Waals surface area contributed by atoms with Crippen molar-refractivity contribution in [3.8, 4) is 23.0 Å². The molecule has 5 aliphatic rings. The summed E-state index contributed by atoms with van der Waals surface area (Å²) in [5.41, 5.74) is 1.08. The zero-order chi connectivity index (χ0) is 54.5. The van der Waals surface area contributed by atoms with E-state index in [1.807, 2.05) is 0 Å². The highest BCUT2D eigenvalue weighted by atomic mass is 16.8. The van der Waals surface area contributed by atoms with Gasteiger partial charge in [0, 0.05) is 30.4 Å². The Morgan fingerprint density at radius 2 is 1.09 bits per heavy atom. The van der Waals surface area contributed by atoms with Crippen LogP contribution in [0.15, 0.2) is 120 Å². The molecule has 4 aliphatic heterocycles. The van der Waals surface area contributed by atoms with Gasteiger partial charge in [-0.2, -0.15) is 0 Å². The summed E-state index contributed by atoms with van der Waals surface area (Å²) in [5.74, 6) is -4.32. The number of fused-ring (bicyclic) bond motifs is 1. The maximum absolute atomic E-state index is 12.9. The van der Waals surface area contributed by atoms with E-state index in [1.54, 1.807) is 0 Å². The summed E-state index contributed by atoms with van der Waals surface area (Å²) in [6.07, 6.45) is -21.1. The van der Waals surface area contributed by atoms with Gasteiger partial charge in [-0.15, -0.1) is 0 Å². The first kappa shape index (κ1) is 55.2. The summed E-state index contributed by atoms with van der Waals surface area (Å²) in [6.45, 7) is -2.30. The predicted octanol–water partition coefficient (Wildman–Crippen LogP) is -1.66. The second-order valence-electron chi connectivity index (χ2n) is 17.9. The van der Waals surface area contributed by atoms with Gasteiger partial charge in [0.25, 0.3) is 0 Å². The lowest BCUT2D eigenvalue weighted by Gasteiger charge is -2.46. The number of allylic oxidation sites excluding steroid dienone is 2. The van der Waals surface area contributed by atoms with Crippen molar-refractivity contribution >= 4 is 29.8 Å². The number of aromatic hydroxyl groups is 4. The Bertz CT molecular complexity index is 2730. The number of rotatable bonds is 16. The van der Waals surface area contributed by atoms with Crippen LogP contribution in [0.1, 0.15) is 16.7 Å². The van der Waals surface area contributed by atoms with Crippen molar-refractivity contribution in [2.45, 2.75) is 98.2 Å². The molecule has 3 aromatic carbocycles. The van der Waals surface area contributed by atoms with Crippen molar-refractivity contribution < 1.29 is 124 Å². The fraction of sp³-hybridized carbons (Fsp3) is 0.373. The molecule has 25 nitrogen and oxygen atoms in total. The van der Waals surface area contributed by atoms with Crippen LogP contribution in [-0.4, -0.2) is 206 Å². The van der Waals surface area contributed by atoms with Gasteiger partial charge >= 0.3 is 17.7 Å². The molecule has 0 bridgehead atoms. The molecular formula is C51H55O25+. The number of hydrogen-bond donors (Lipinski definition) is 14. The molecule has 25 heteroatoms. The lowest BCUT2D eigenvalue weighted by molar-refractivity contribution is -0.363. The van der Waals surface area contributed by atoms with Crippen molar-refractivity contribution in [2.75, 3.05) is 19.8 Å². The Labute approximate surface area is 430 Å². The molecule has 0 spiro atoms. The van der Waals surface area contributed by atoms with Gasteiger partial charge in [-0.1, -0.05) is 24.3 Å². The average molecular weight is 1070 g/mol. The van der Waals surface area contributed by atoms with E-state index in [0.29, 0.717) is 11.1 Å². The van der Waals surface area contributed by atoms with E-state index in [4.69, 9.17) is 42.6 Å². The summed E-state index contributed by atoms with van der Waals surface area (Å²) in [7, 11) is 0. The van der Waals surface area contributed by atoms with E-state index >= 15 is 0 Å². The third kappa shape index (κ3) is 12.6. The molecule has 16 atom stereocenters. The molecule has 76 heavy (non-hydrogen) atoms. The Hall–Kier alpha value is -7.08. The summed E-state index contributed by atoms with van der Waals surface area (Å²) in [4.78, 5) is 25.6. The molecule has 0 amide bonds. The molecular weight excluding hydrogens is 1010 g/mol. The van der Waals surface area contributed by atoms with Crippen LogP contribution in [0.4, 0.5) is 0 Å². The van der Waals surface area contributed by atoms with Gasteiger partial charge in [0.05, 0.1) is 23.8 Å². The standard InChI is InChI=1S/C51H54O25/c52-19-34-39(60)42(63)45(66)49(73-34)71-32-17-27(55)16-31-28(32)18-33(47(70-31)24-7-12-29(56)30(57)15-24)72-51-48(44(65)41(62)36(75-51)21-69-38(59)14-6-23-3-10-26(54)11-4-23)76-50-46(67)43(64)40(61)35(74-50)20-68-37(58)13-5-22-1-8-25(53)9-2-22/h1-18,31,34-36,39-46,48-57,60-67H,19-21H2/p+1/b13-5+,14-6+/t31?,34-,35-,36-,39-,40-,41-,42+,43+,44+,45-,46-,48-,49-,50+,51-/m1/s1. The van der Waals surface area contributed by atoms with Crippen molar-refractivity contribution in [1.82, 2.24) is 0 Å². The van der Waals surface area contributed by atoms with Gasteiger partial charge in [0.2, 0.25) is 24.4 Å². The quantitative estimate of drug-likeness (QED) is 0.0330. The minimum absolute atomic E-state index is 0.0113. The van der Waals surface area contributed by atoms with Crippen LogP contribution in [0.5, 0.6) is 23.0 Å². The van der Waals surface area contributed by atoms with Gasteiger partial charge in [0.1, 0.15) is 103 Å². The second-order valence-corrected chi connectivity index (χ2v) is 17.9. The third-order valence-electron chi connectivity index (χ3n) is 12.6. The number of aliphatic hydroxyl groups is 12. The van der Waals surface area contributed by atoms with Crippen LogP contribution in [0.25, 0.3) is 17.9 Å². The Kier molecular flexibility index (Phi) is 17.3. The number of phenolic OH excluding ortho intramolecular Hbond substituents is 4. The minimum atomic E-state index is -2.13. The number of benzene rings is 3. The van der Waals surface area contributed by atoms with E-state index in [-0.39, 0.29) is 39.9 Å². The largest absolute Gasteiger partial charge is 0.571 e. The number of esters is 2. The van der Waals surface area contributed by atoms with Crippen LogP contribution in [0, 0.1) is 0 Å². The van der Waals surface area contributed by atoms with Crippen molar-refractivity contribution in [3.63, 3.8) is 0 Å². The molecule has 0 aromatic heterocycles. The zero-order valence-electron chi connectivity index (χ0n) is 39.5. The molecule has 0 saturated carbocycles. The van der Waals surface area contributed by atoms with Gasteiger partial charge in [-0.05, 0) is 59.7 Å². The number of ether oxygens (including phenoxy) is 9. The van der Waals surface area contributed by atoms with Gasteiger partial charge in [-0.3, -0.25) is 0 Å². The molecule has 408 valence electrons. The number of aliphatic hydroxyl groups excluding tert-OH is 10. The monoisotopic (exact) mass is 1070 g/mol. The molecule has 8 rings (SSSR count). The number of hydrogen-bond acceptors (Lipinski definition) is 24. The molecule has 15 N–H and O–H groups in total. The summed E-state index contributed by atoms with van der Waals surface area (Å²) in [6, 6.07) is 15.1. The maximum Gasteiger partial charge on any atom is 0.330 e. The highest BCUT2D eigenvalue weighted by molar-refractivity contribution is 5.87. The highest BCUT2D eigenvalue weighted by Crippen LogP contribution is 2.41. The van der Waals surface area contributed by atoms with E-state index in [2.05, 4.69) is 0 Å². The van der Waals surface area contributed by atoms with Crippen LogP contribution in [0.2, 0.25) is 0 Å². The van der Waals surface area contributed by atoms with Crippen molar-refractivity contribution in [2.24, 2.45) is 0 Å². The molecule has 0 radical (unpaired) electrons. The molecule has 3 saturated heterocycles. The zero-order valence-corrected chi connectivity index (χ0v) is 39.5. The molecule has 3 fully saturated rings. The minimum Gasteiger partial charge on any atom is -0.571 e. The van der Waals surface area contributed by atoms with E-state index < -0.39 is 147 Å². The number of carbonyl (C=O) groups is 2. The van der Waals surface area contributed by atoms with Gasteiger partial charge in [-0.25, -0.2) is 9.59 Å². The first-order valence-electron chi connectivity index (χ1n) is 23.4. The lowest BCUT2D eigenvalue weighted by Crippen LogP contribution is -2.64. The number of carbonyl (C=O) groups excluding carboxylic acids is 2. The molecule has 4 heterocycles. The smallest absolute Gasteiger partial charge is 0.330 e. The van der Waals surface area contributed by atoms with Crippen LogP contribution in [0.3, 0.4) is 0 Å². The molecule has 3 aromatic rings. The summed E-state index contributed by atoms with van der Waals surface area (Å²) >= 11 is 0. The average Bonchev–Trinajstić information content (AvgIpc) is 3.40. The van der Waals surface area contributed by atoms with Crippen molar-refractivity contribution in [3.05, 3.63) is 137 Å². The highest BCUT2D eigenvalue weighted by Gasteiger charge is 2.53. The van der Waals surface area contributed by atoms with E-state index in [0.717, 1.165) is 30.4 Å². The molecule has 1 aliphatic carbocycles. The van der Waals surface area contributed by atoms with Crippen molar-refractivity contribution in [1.29, 1.82) is 0 Å². The van der Waals surface area contributed by atoms with Crippen LogP contribution >= 0.6 is 0 Å². The van der Waals surface area contributed by atoms with Gasteiger partial charge < -0.3 is 114 Å². The second kappa shape index (κ2) is 23.9. The first-order chi connectivity index (χ1) is 36.3. The normalized spacial score (nSPS) is 32.6. The van der Waals surface area contributed by atoms with E-state index in [1.165, 1.54) is 78.9 Å². The molecule has 1 unspecified atom stereocenters. The fourth-order valence-corrected chi connectivity index (χ4v) is 8.36. The van der Waals surface area contributed by atoms with Crippen LogP contribution in [-0.2, 0) is 47.5 Å². The lowest BCUT2D eigenvalue weighted by atomic mass is 9.95. The maximum atomic E-state index is 12.9. The topological polar surface area (TPSA) is 404 Å². The number of phenols is 4. The predicted molar refractivity (Wildman–Crippen MR) is 254 cm³/mol. The van der Waals surface area contributed by atoms with Crippen LogP contribution < -0.4 is 0 Å². The summed E-state index contributed by atoms with van der Waals surface area (Å²) in [5, 5.41) is 149. The fourth-order valence-electron chi connectivity index (χ4n) is 8.36. The Morgan fingerprint density at radius 1 is 0.566 bits per heavy atom. The Morgan fingerprint density at radius 3 is 1.66 bits per heavy atom. The Balaban J connectivity index is 1.11. The third-order valence-corrected chi connectivity index (χ3v) is 12.6. The SMILES string of the molecule is O=C(/C=C/c1ccc(O)cc1)OC[C@H]1O[C@@H](O[C@H]2[C@H](OC3=C(c4ccc(O)c(O)c4)[OH+]C4C=C(O)C=C(O[C@@H]5O[C@H](CO)[C@@H](O)[C@H](O)[C@H]5O)C4=C3)O[C@H](COC(=O)/C=C/c3ccc(O)cc3)[C@@H](O)[C@@H]2O)[C@H](O)[C@@H](O)[C@@H]1O. The van der Waals surface area contributed by atoms with Gasteiger partial charge in [0.15, 0.2) is 23.9 Å². The van der Waals surface area contributed by atoms with E-state index in [9.17, 15) is 81.1 Å². The first-order valence-corrected chi connectivity index (χ1v) is 23.4. The summed E-state index contributed by atoms with van der Waals surface area (Å²) < 4.78 is 51.2.